The van der Waals surface area contributed by atoms with Crippen molar-refractivity contribution in [1.82, 2.24) is 14.1 Å². The molecule has 3 aromatic rings. The highest BCUT2D eigenvalue weighted by atomic mass is 35.5. The minimum Gasteiger partial charge on any atom is -0.464 e. The third kappa shape index (κ3) is 2.49. The molecule has 2 heterocycles. The van der Waals surface area contributed by atoms with Gasteiger partial charge in [-0.1, -0.05) is 11.6 Å². The summed E-state index contributed by atoms with van der Waals surface area (Å²) >= 11 is 6.12. The van der Waals surface area contributed by atoms with Crippen LogP contribution >= 0.6 is 11.6 Å². The van der Waals surface area contributed by atoms with E-state index in [1.54, 1.807) is 41.5 Å². The fourth-order valence-corrected chi connectivity index (χ4v) is 2.58. The average Bonchev–Trinajstić information content (AvgIpc) is 3.22. The first-order valence-corrected chi connectivity index (χ1v) is 7.22. The zero-order chi connectivity index (χ0) is 17.3. The van der Waals surface area contributed by atoms with Gasteiger partial charge < -0.3 is 19.6 Å². The van der Waals surface area contributed by atoms with Gasteiger partial charge in [-0.2, -0.15) is 5.26 Å². The Morgan fingerprint density at radius 3 is 2.83 bits per heavy atom. The second-order valence-electron chi connectivity index (χ2n) is 4.88. The Morgan fingerprint density at radius 1 is 1.42 bits per heavy atom. The number of methoxy groups -OCH3 is 1. The molecule has 7 nitrogen and oxygen atoms in total. The molecule has 0 saturated heterocycles. The molecule has 0 aliphatic carbocycles. The predicted molar refractivity (Wildman–Crippen MR) is 88.4 cm³/mol. The summed E-state index contributed by atoms with van der Waals surface area (Å²) < 4.78 is 8.06. The summed E-state index contributed by atoms with van der Waals surface area (Å²) in [6.45, 7) is 0. The van der Waals surface area contributed by atoms with E-state index >= 15 is 0 Å². The molecule has 24 heavy (non-hydrogen) atoms. The van der Waals surface area contributed by atoms with Gasteiger partial charge in [0.05, 0.1) is 36.1 Å². The molecular formula is C16H12ClN5O2. The van der Waals surface area contributed by atoms with Crippen LogP contribution in [0.3, 0.4) is 0 Å². The van der Waals surface area contributed by atoms with E-state index in [9.17, 15) is 10.1 Å². The molecule has 0 atom stereocenters. The number of ether oxygens (including phenoxy) is 1. The van der Waals surface area contributed by atoms with Crippen LogP contribution in [0.2, 0.25) is 5.02 Å². The summed E-state index contributed by atoms with van der Waals surface area (Å²) in [6, 6.07) is 7.14. The molecule has 0 amide bonds. The number of rotatable bonds is 3. The molecule has 0 fully saturated rings. The molecule has 1 aromatic carbocycles. The largest absolute Gasteiger partial charge is 0.464 e. The van der Waals surface area contributed by atoms with Crippen molar-refractivity contribution in [2.24, 2.45) is 0 Å². The van der Waals surface area contributed by atoms with Gasteiger partial charge in [0.15, 0.2) is 5.69 Å². The first-order valence-electron chi connectivity index (χ1n) is 6.84. The van der Waals surface area contributed by atoms with Crippen molar-refractivity contribution in [3.05, 3.63) is 59.4 Å². The fourth-order valence-electron chi connectivity index (χ4n) is 2.41. The van der Waals surface area contributed by atoms with Crippen LogP contribution in [0.25, 0.3) is 11.4 Å². The number of halogens is 1. The van der Waals surface area contributed by atoms with Gasteiger partial charge in [-0.3, -0.25) is 0 Å². The molecule has 2 N–H and O–H groups in total. The van der Waals surface area contributed by atoms with Gasteiger partial charge in [0.25, 0.3) is 0 Å². The molecule has 0 unspecified atom stereocenters. The summed E-state index contributed by atoms with van der Waals surface area (Å²) in [5.74, 6) is -0.648. The maximum absolute atomic E-state index is 12.2. The Bertz CT molecular complexity index is 954. The lowest BCUT2D eigenvalue weighted by molar-refractivity contribution is 0.0593. The predicted octanol–water partition coefficient (Wildman–Crippen LogP) is 2.56. The number of esters is 1. The second-order valence-corrected chi connectivity index (χ2v) is 5.32. The van der Waals surface area contributed by atoms with E-state index in [4.69, 9.17) is 22.1 Å². The summed E-state index contributed by atoms with van der Waals surface area (Å²) in [7, 11) is 1.25. The number of nitrogens with zero attached hydrogens (tertiary/aromatic N) is 4. The van der Waals surface area contributed by atoms with E-state index in [1.807, 2.05) is 6.07 Å². The quantitative estimate of drug-likeness (QED) is 0.738. The van der Waals surface area contributed by atoms with Crippen molar-refractivity contribution < 1.29 is 9.53 Å². The molecule has 0 aliphatic rings. The van der Waals surface area contributed by atoms with Crippen LogP contribution in [0.1, 0.15) is 16.1 Å². The van der Waals surface area contributed by atoms with Crippen molar-refractivity contribution in [2.75, 3.05) is 12.8 Å². The van der Waals surface area contributed by atoms with Crippen LogP contribution in [0.15, 0.2) is 43.1 Å². The molecule has 0 saturated carbocycles. The van der Waals surface area contributed by atoms with Gasteiger partial charge in [0.2, 0.25) is 0 Å². The third-order valence-electron chi connectivity index (χ3n) is 3.52. The van der Waals surface area contributed by atoms with Crippen LogP contribution in [-0.2, 0) is 4.74 Å². The van der Waals surface area contributed by atoms with Crippen LogP contribution in [0.5, 0.6) is 0 Å². The van der Waals surface area contributed by atoms with Gasteiger partial charge in [0.1, 0.15) is 6.07 Å². The van der Waals surface area contributed by atoms with Gasteiger partial charge in [-0.15, -0.1) is 0 Å². The number of nitrogens with two attached hydrogens (primary N) is 1. The Kier molecular flexibility index (Phi) is 3.98. The lowest BCUT2D eigenvalue weighted by Gasteiger charge is -2.14. The van der Waals surface area contributed by atoms with Crippen molar-refractivity contribution in [3.8, 4) is 17.4 Å². The van der Waals surface area contributed by atoms with Crippen LogP contribution in [0, 0.1) is 11.3 Å². The van der Waals surface area contributed by atoms with E-state index in [0.717, 1.165) is 0 Å². The molecule has 0 bridgehead atoms. The second kappa shape index (κ2) is 6.10. The SMILES string of the molecule is COC(=O)c1c(N)c(C#N)cn1-c1cc(Cl)ccc1-n1ccnc1. The number of hydrogen-bond donors (Lipinski definition) is 1. The van der Waals surface area contributed by atoms with E-state index in [1.165, 1.54) is 17.9 Å². The van der Waals surface area contributed by atoms with E-state index in [0.29, 0.717) is 16.4 Å². The van der Waals surface area contributed by atoms with E-state index in [-0.39, 0.29) is 16.9 Å². The third-order valence-corrected chi connectivity index (χ3v) is 3.76. The molecule has 3 rings (SSSR count). The molecule has 0 spiro atoms. The first kappa shape index (κ1) is 15.6. The van der Waals surface area contributed by atoms with Crippen LogP contribution in [-0.4, -0.2) is 27.2 Å². The Labute approximate surface area is 142 Å². The Morgan fingerprint density at radius 2 is 2.21 bits per heavy atom. The summed E-state index contributed by atoms with van der Waals surface area (Å²) in [6.07, 6.45) is 6.48. The number of nitriles is 1. The number of carbonyl (C=O) groups excluding carboxylic acids is 1. The monoisotopic (exact) mass is 341 g/mol. The topological polar surface area (TPSA) is 98.9 Å². The standard InChI is InChI=1S/C16H12ClN5O2/c1-24-16(23)15-14(19)10(7-18)8-22(15)13-6-11(17)2-3-12(13)21-5-4-20-9-21/h2-6,8-9H,19H2,1H3. The maximum atomic E-state index is 12.2. The number of anilines is 1. The summed E-state index contributed by atoms with van der Waals surface area (Å²) in [5.41, 5.74) is 7.51. The van der Waals surface area contributed by atoms with Crippen molar-refractivity contribution in [3.63, 3.8) is 0 Å². The minimum absolute atomic E-state index is 0.0564. The molecule has 0 radical (unpaired) electrons. The van der Waals surface area contributed by atoms with Crippen molar-refractivity contribution >= 4 is 23.3 Å². The van der Waals surface area contributed by atoms with E-state index < -0.39 is 5.97 Å². The van der Waals surface area contributed by atoms with Gasteiger partial charge in [-0.05, 0) is 18.2 Å². The Hall–Kier alpha value is -3.24. The number of benzene rings is 1. The molecule has 2 aromatic heterocycles. The number of carbonyl (C=O) groups is 1. The Balaban J connectivity index is 2.33. The van der Waals surface area contributed by atoms with Crippen molar-refractivity contribution in [2.45, 2.75) is 0 Å². The van der Waals surface area contributed by atoms with Crippen LogP contribution < -0.4 is 5.73 Å². The molecule has 120 valence electrons. The van der Waals surface area contributed by atoms with E-state index in [2.05, 4.69) is 4.98 Å². The fraction of sp³-hybridized carbons (Fsp3) is 0.0625. The highest BCUT2D eigenvalue weighted by Crippen LogP contribution is 2.30. The highest BCUT2D eigenvalue weighted by Gasteiger charge is 2.23. The molecule has 8 heteroatoms. The van der Waals surface area contributed by atoms with Gasteiger partial charge in [0, 0.05) is 23.6 Å². The highest BCUT2D eigenvalue weighted by molar-refractivity contribution is 6.30. The zero-order valence-corrected chi connectivity index (χ0v) is 13.4. The summed E-state index contributed by atoms with van der Waals surface area (Å²) in [5, 5.41) is 9.70. The lowest BCUT2D eigenvalue weighted by Crippen LogP contribution is -2.12. The maximum Gasteiger partial charge on any atom is 0.357 e. The number of imidazole rings is 1. The lowest BCUT2D eigenvalue weighted by atomic mass is 10.2. The number of nitrogen functional groups attached to an aromatic ring is 1. The molecule has 0 aliphatic heterocycles. The minimum atomic E-state index is -0.648. The smallest absolute Gasteiger partial charge is 0.357 e. The molecular weight excluding hydrogens is 330 g/mol. The summed E-state index contributed by atoms with van der Waals surface area (Å²) in [4.78, 5) is 16.2. The van der Waals surface area contributed by atoms with Gasteiger partial charge in [-0.25, -0.2) is 9.78 Å². The number of aromatic nitrogens is 3. The number of hydrogen-bond acceptors (Lipinski definition) is 5. The van der Waals surface area contributed by atoms with Crippen molar-refractivity contribution in [1.29, 1.82) is 5.26 Å². The van der Waals surface area contributed by atoms with Crippen LogP contribution in [0.4, 0.5) is 5.69 Å². The average molecular weight is 342 g/mol. The first-order chi connectivity index (χ1) is 11.6. The van der Waals surface area contributed by atoms with Gasteiger partial charge >= 0.3 is 5.97 Å². The zero-order valence-electron chi connectivity index (χ0n) is 12.6. The normalized spacial score (nSPS) is 10.4.